The number of carbonyl (C=O) groups is 1. The van der Waals surface area contributed by atoms with Gasteiger partial charge >= 0.3 is 0 Å². The van der Waals surface area contributed by atoms with Crippen LogP contribution in [0.15, 0.2) is 53.7 Å². The average molecular weight is 504 g/mol. The zero-order valence-electron chi connectivity index (χ0n) is 18.5. The third-order valence-electron chi connectivity index (χ3n) is 5.63. The number of piperidine rings is 1. The molecular formula is C24H27Cl2N5OS. The summed E-state index contributed by atoms with van der Waals surface area (Å²) >= 11 is 13.6. The minimum atomic E-state index is -0.390. The minimum absolute atomic E-state index is 0.156. The molecule has 1 atom stereocenters. The number of thioether (sulfide) groups is 1. The second-order valence-electron chi connectivity index (χ2n) is 8.18. The van der Waals surface area contributed by atoms with Gasteiger partial charge in [0.2, 0.25) is 5.91 Å². The number of nitrogens with zero attached hydrogens (tertiary/aromatic N) is 4. The van der Waals surface area contributed by atoms with E-state index in [1.165, 1.54) is 36.6 Å². The fourth-order valence-corrected chi connectivity index (χ4v) is 5.13. The number of halogens is 2. The Bertz CT molecular complexity index is 1090. The summed E-state index contributed by atoms with van der Waals surface area (Å²) in [5.41, 5.74) is 1.71. The molecular weight excluding hydrogens is 477 g/mol. The maximum atomic E-state index is 12.9. The van der Waals surface area contributed by atoms with E-state index in [9.17, 15) is 4.79 Å². The van der Waals surface area contributed by atoms with Gasteiger partial charge in [-0.2, -0.15) is 0 Å². The Morgan fingerprint density at radius 3 is 2.55 bits per heavy atom. The molecule has 6 nitrogen and oxygen atoms in total. The van der Waals surface area contributed by atoms with E-state index in [-0.39, 0.29) is 5.91 Å². The molecule has 33 heavy (non-hydrogen) atoms. The third-order valence-corrected chi connectivity index (χ3v) is 7.26. The molecule has 0 saturated carbocycles. The Balaban J connectivity index is 1.50. The van der Waals surface area contributed by atoms with E-state index in [4.69, 9.17) is 23.2 Å². The maximum absolute atomic E-state index is 12.9. The van der Waals surface area contributed by atoms with E-state index in [1.54, 1.807) is 18.2 Å². The van der Waals surface area contributed by atoms with Gasteiger partial charge in [0.1, 0.15) is 5.82 Å². The van der Waals surface area contributed by atoms with Crippen LogP contribution in [0.1, 0.15) is 37.6 Å². The van der Waals surface area contributed by atoms with Crippen LogP contribution < -0.4 is 5.32 Å². The summed E-state index contributed by atoms with van der Waals surface area (Å²) in [6.07, 6.45) is 3.73. The van der Waals surface area contributed by atoms with Crippen LogP contribution in [0.3, 0.4) is 0 Å². The summed E-state index contributed by atoms with van der Waals surface area (Å²) in [5.74, 6) is 0.771. The van der Waals surface area contributed by atoms with E-state index in [1.807, 2.05) is 25.1 Å². The molecule has 1 fully saturated rings. The van der Waals surface area contributed by atoms with Gasteiger partial charge in [-0.25, -0.2) is 0 Å². The molecule has 1 aliphatic heterocycles. The summed E-state index contributed by atoms with van der Waals surface area (Å²) < 4.78 is 2.13. The first kappa shape index (κ1) is 24.1. The number of carbonyl (C=O) groups excluding carboxylic acids is 1. The fourth-order valence-electron chi connectivity index (χ4n) is 3.80. The van der Waals surface area contributed by atoms with Crippen LogP contribution in [-0.2, 0) is 17.9 Å². The van der Waals surface area contributed by atoms with Crippen molar-refractivity contribution in [3.05, 3.63) is 70.0 Å². The Morgan fingerprint density at radius 2 is 1.82 bits per heavy atom. The Morgan fingerprint density at radius 1 is 1.06 bits per heavy atom. The quantitative estimate of drug-likeness (QED) is 0.397. The topological polar surface area (TPSA) is 63.1 Å². The van der Waals surface area contributed by atoms with Gasteiger partial charge in [0.15, 0.2) is 5.16 Å². The summed E-state index contributed by atoms with van der Waals surface area (Å²) in [6.45, 7) is 5.45. The van der Waals surface area contributed by atoms with Crippen molar-refractivity contribution in [2.45, 2.75) is 49.7 Å². The number of hydrogen-bond acceptors (Lipinski definition) is 5. The molecule has 0 radical (unpaired) electrons. The highest BCUT2D eigenvalue weighted by atomic mass is 35.5. The summed E-state index contributed by atoms with van der Waals surface area (Å²) in [7, 11) is 0. The third kappa shape index (κ3) is 6.51. The van der Waals surface area contributed by atoms with E-state index in [0.29, 0.717) is 22.3 Å². The highest BCUT2D eigenvalue weighted by molar-refractivity contribution is 8.00. The second-order valence-corrected chi connectivity index (χ2v) is 10.3. The Kier molecular flexibility index (Phi) is 8.30. The standard InChI is InChI=1S/C24H27Cl2N5OS/c1-17(23(32)27-21-11-10-19(25)14-20(21)26)33-24-29-28-22(16-30-12-6-3-7-13-30)31(24)15-18-8-4-2-5-9-18/h2,4-5,8-11,14,17H,3,6-7,12-13,15-16H2,1H3,(H,27,32). The molecule has 0 spiro atoms. The Labute approximate surface area is 208 Å². The first-order valence-corrected chi connectivity index (χ1v) is 12.7. The van der Waals surface area contributed by atoms with Crippen LogP contribution in [-0.4, -0.2) is 43.9 Å². The van der Waals surface area contributed by atoms with Gasteiger partial charge in [-0.15, -0.1) is 10.2 Å². The molecule has 1 N–H and O–H groups in total. The summed E-state index contributed by atoms with van der Waals surface area (Å²) in [4.78, 5) is 15.3. The number of nitrogens with one attached hydrogen (secondary N) is 1. The van der Waals surface area contributed by atoms with Crippen molar-refractivity contribution in [2.75, 3.05) is 18.4 Å². The van der Waals surface area contributed by atoms with Gasteiger partial charge in [0.25, 0.3) is 0 Å². The first-order valence-electron chi connectivity index (χ1n) is 11.1. The lowest BCUT2D eigenvalue weighted by molar-refractivity contribution is -0.115. The van der Waals surface area contributed by atoms with E-state index in [2.05, 4.69) is 37.1 Å². The second kappa shape index (κ2) is 11.4. The predicted molar refractivity (Wildman–Crippen MR) is 135 cm³/mol. The van der Waals surface area contributed by atoms with Crippen molar-refractivity contribution < 1.29 is 4.79 Å². The summed E-state index contributed by atoms with van der Waals surface area (Å²) in [6, 6.07) is 15.3. The number of likely N-dealkylation sites (tertiary alicyclic amines) is 1. The monoisotopic (exact) mass is 503 g/mol. The fraction of sp³-hybridized carbons (Fsp3) is 0.375. The molecule has 1 unspecified atom stereocenters. The maximum Gasteiger partial charge on any atom is 0.237 e. The smallest absolute Gasteiger partial charge is 0.237 e. The predicted octanol–water partition coefficient (Wildman–Crippen LogP) is 5.74. The molecule has 2 heterocycles. The van der Waals surface area contributed by atoms with Crippen LogP contribution in [0.4, 0.5) is 5.69 Å². The van der Waals surface area contributed by atoms with Crippen molar-refractivity contribution >= 4 is 46.6 Å². The van der Waals surface area contributed by atoms with Gasteiger partial charge in [-0.05, 0) is 56.6 Å². The van der Waals surface area contributed by atoms with E-state index < -0.39 is 5.25 Å². The number of aromatic nitrogens is 3. The number of rotatable bonds is 8. The summed E-state index contributed by atoms with van der Waals surface area (Å²) in [5, 5.41) is 13.1. The molecule has 1 aliphatic rings. The van der Waals surface area contributed by atoms with Crippen LogP contribution in [0.5, 0.6) is 0 Å². The van der Waals surface area contributed by atoms with Crippen LogP contribution >= 0.6 is 35.0 Å². The number of amides is 1. The van der Waals surface area contributed by atoms with E-state index in [0.717, 1.165) is 30.6 Å². The SMILES string of the molecule is CC(Sc1nnc(CN2CCCCC2)n1Cc1ccccc1)C(=O)Nc1ccc(Cl)cc1Cl. The lowest BCUT2D eigenvalue weighted by Crippen LogP contribution is -2.30. The molecule has 9 heteroatoms. The lowest BCUT2D eigenvalue weighted by Gasteiger charge is -2.26. The molecule has 174 valence electrons. The highest BCUT2D eigenvalue weighted by Gasteiger charge is 2.22. The molecule has 4 rings (SSSR count). The van der Waals surface area contributed by atoms with Crippen molar-refractivity contribution in [3.8, 4) is 0 Å². The molecule has 1 aromatic heterocycles. The molecule has 0 bridgehead atoms. The number of anilines is 1. The van der Waals surface area contributed by atoms with Crippen molar-refractivity contribution in [1.29, 1.82) is 0 Å². The van der Waals surface area contributed by atoms with Gasteiger partial charge in [0, 0.05) is 5.02 Å². The molecule has 3 aromatic rings. The first-order chi connectivity index (χ1) is 16.0. The minimum Gasteiger partial charge on any atom is -0.324 e. The zero-order chi connectivity index (χ0) is 23.2. The largest absolute Gasteiger partial charge is 0.324 e. The normalized spacial score (nSPS) is 15.4. The van der Waals surface area contributed by atoms with Crippen molar-refractivity contribution in [3.63, 3.8) is 0 Å². The molecule has 2 aromatic carbocycles. The van der Waals surface area contributed by atoms with Gasteiger partial charge < -0.3 is 9.88 Å². The lowest BCUT2D eigenvalue weighted by atomic mass is 10.1. The number of benzene rings is 2. The number of hydrogen-bond donors (Lipinski definition) is 1. The average Bonchev–Trinajstić information content (AvgIpc) is 3.17. The highest BCUT2D eigenvalue weighted by Crippen LogP contribution is 2.28. The molecule has 0 aliphatic carbocycles. The van der Waals surface area contributed by atoms with Gasteiger partial charge in [0.05, 0.1) is 29.0 Å². The van der Waals surface area contributed by atoms with Gasteiger partial charge in [-0.1, -0.05) is 71.7 Å². The van der Waals surface area contributed by atoms with E-state index >= 15 is 0 Å². The molecule has 1 saturated heterocycles. The molecule has 1 amide bonds. The van der Waals surface area contributed by atoms with Crippen molar-refractivity contribution in [2.24, 2.45) is 0 Å². The van der Waals surface area contributed by atoms with Crippen LogP contribution in [0.25, 0.3) is 0 Å². The van der Waals surface area contributed by atoms with Crippen LogP contribution in [0.2, 0.25) is 10.0 Å². The van der Waals surface area contributed by atoms with Crippen molar-refractivity contribution in [1.82, 2.24) is 19.7 Å². The van der Waals surface area contributed by atoms with Gasteiger partial charge in [-0.3, -0.25) is 9.69 Å². The zero-order valence-corrected chi connectivity index (χ0v) is 20.8. The Hall–Kier alpha value is -2.06. The van der Waals surface area contributed by atoms with Crippen LogP contribution in [0, 0.1) is 0 Å².